The average molecular weight is 284 g/mol. The summed E-state index contributed by atoms with van der Waals surface area (Å²) in [6.07, 6.45) is 0.801. The fraction of sp³-hybridized carbons (Fsp3) is 0.333. The van der Waals surface area contributed by atoms with Gasteiger partial charge >= 0.3 is 0 Å². The molecule has 2 aromatic carbocycles. The summed E-state index contributed by atoms with van der Waals surface area (Å²) >= 11 is 0. The maximum atomic E-state index is 10.4. The highest BCUT2D eigenvalue weighted by atomic mass is 16.3. The summed E-state index contributed by atoms with van der Waals surface area (Å²) in [6, 6.07) is 10.3. The molecule has 0 fully saturated rings. The van der Waals surface area contributed by atoms with Crippen LogP contribution in [-0.2, 0) is 10.8 Å². The number of rotatable bonds is 1. The fourth-order valence-electron chi connectivity index (χ4n) is 3.89. The zero-order valence-corrected chi connectivity index (χ0v) is 12.5. The normalized spacial score (nSPS) is 23.0. The molecule has 1 aliphatic carbocycles. The molecule has 110 valence electrons. The molecule has 0 aliphatic heterocycles. The minimum absolute atomic E-state index is 0.0829. The molecule has 0 aromatic heterocycles. The van der Waals surface area contributed by atoms with Crippen molar-refractivity contribution in [1.82, 2.24) is 0 Å². The highest BCUT2D eigenvalue weighted by molar-refractivity contribution is 5.60. The Bertz CT molecular complexity index is 718. The van der Waals surface area contributed by atoms with Gasteiger partial charge in [0.1, 0.15) is 17.2 Å². The molecule has 0 amide bonds. The van der Waals surface area contributed by atoms with Crippen molar-refractivity contribution in [2.75, 3.05) is 0 Å². The first-order valence-electron chi connectivity index (χ1n) is 7.10. The third-order valence-electron chi connectivity index (χ3n) is 4.66. The number of benzene rings is 2. The third-order valence-corrected chi connectivity index (χ3v) is 4.66. The summed E-state index contributed by atoms with van der Waals surface area (Å²) in [5.74, 6) is 0.416. The van der Waals surface area contributed by atoms with E-state index < -0.39 is 5.41 Å². The number of hydrogen-bond donors (Lipinski definition) is 3. The predicted molar refractivity (Wildman–Crippen MR) is 82.0 cm³/mol. The number of fused-ring (bicyclic) bond motifs is 1. The average Bonchev–Trinajstić information content (AvgIpc) is 2.57. The van der Waals surface area contributed by atoms with Crippen molar-refractivity contribution in [2.24, 2.45) is 0 Å². The van der Waals surface area contributed by atoms with Crippen LogP contribution in [0.5, 0.6) is 17.2 Å². The molecule has 21 heavy (non-hydrogen) atoms. The van der Waals surface area contributed by atoms with E-state index in [1.54, 1.807) is 18.2 Å². The van der Waals surface area contributed by atoms with Crippen LogP contribution in [-0.4, -0.2) is 15.3 Å². The standard InChI is InChI=1S/C18H20O3/c1-17(2)10-18(3,11-5-4-6-12(19)7-11)16-14(17)8-13(20)9-15(16)21/h4-9,19-21H,10H2,1-3H3. The highest BCUT2D eigenvalue weighted by Crippen LogP contribution is 2.56. The molecule has 2 aromatic rings. The van der Waals surface area contributed by atoms with Gasteiger partial charge in [-0.05, 0) is 41.2 Å². The number of aromatic hydroxyl groups is 3. The summed E-state index contributed by atoms with van der Waals surface area (Å²) in [7, 11) is 0. The van der Waals surface area contributed by atoms with Gasteiger partial charge in [0.15, 0.2) is 0 Å². The topological polar surface area (TPSA) is 60.7 Å². The molecule has 0 radical (unpaired) electrons. The SMILES string of the molecule is CC1(C)CC(C)(c2cccc(O)c2)c2c(O)cc(O)cc21. The Morgan fingerprint density at radius 2 is 1.62 bits per heavy atom. The predicted octanol–water partition coefficient (Wildman–Crippen LogP) is 3.79. The Morgan fingerprint density at radius 3 is 2.29 bits per heavy atom. The summed E-state index contributed by atoms with van der Waals surface area (Å²) < 4.78 is 0. The van der Waals surface area contributed by atoms with Gasteiger partial charge in [0.05, 0.1) is 0 Å². The van der Waals surface area contributed by atoms with E-state index in [2.05, 4.69) is 20.8 Å². The van der Waals surface area contributed by atoms with E-state index in [0.717, 1.165) is 23.1 Å². The van der Waals surface area contributed by atoms with Crippen molar-refractivity contribution in [2.45, 2.75) is 38.0 Å². The van der Waals surface area contributed by atoms with E-state index >= 15 is 0 Å². The Balaban J connectivity index is 2.29. The van der Waals surface area contributed by atoms with Gasteiger partial charge in [-0.25, -0.2) is 0 Å². The van der Waals surface area contributed by atoms with Crippen LogP contribution in [0.4, 0.5) is 0 Å². The second-order valence-corrected chi connectivity index (χ2v) is 6.83. The van der Waals surface area contributed by atoms with Crippen molar-refractivity contribution in [3.8, 4) is 17.2 Å². The number of phenols is 3. The molecular weight excluding hydrogens is 264 g/mol. The van der Waals surface area contributed by atoms with Crippen LogP contribution < -0.4 is 0 Å². The molecule has 0 spiro atoms. The van der Waals surface area contributed by atoms with Crippen LogP contribution in [0.25, 0.3) is 0 Å². The molecule has 0 saturated carbocycles. The van der Waals surface area contributed by atoms with Crippen LogP contribution >= 0.6 is 0 Å². The van der Waals surface area contributed by atoms with E-state index in [0.29, 0.717) is 0 Å². The van der Waals surface area contributed by atoms with Gasteiger partial charge in [-0.3, -0.25) is 0 Å². The smallest absolute Gasteiger partial charge is 0.123 e. The van der Waals surface area contributed by atoms with Crippen LogP contribution in [0.1, 0.15) is 43.9 Å². The molecular formula is C18H20O3. The largest absolute Gasteiger partial charge is 0.508 e. The van der Waals surface area contributed by atoms with E-state index in [4.69, 9.17) is 0 Å². The highest BCUT2D eigenvalue weighted by Gasteiger charge is 2.47. The van der Waals surface area contributed by atoms with Crippen molar-refractivity contribution in [3.05, 3.63) is 53.1 Å². The van der Waals surface area contributed by atoms with Crippen LogP contribution in [0.2, 0.25) is 0 Å². The quantitative estimate of drug-likeness (QED) is 0.746. The Hall–Kier alpha value is -2.16. The van der Waals surface area contributed by atoms with Gasteiger partial charge in [-0.1, -0.05) is 32.9 Å². The lowest BCUT2D eigenvalue weighted by Crippen LogP contribution is -2.23. The van der Waals surface area contributed by atoms with Gasteiger partial charge in [-0.15, -0.1) is 0 Å². The first kappa shape index (κ1) is 13.8. The van der Waals surface area contributed by atoms with Crippen molar-refractivity contribution >= 4 is 0 Å². The Kier molecular flexibility index (Phi) is 2.74. The molecule has 3 N–H and O–H groups in total. The van der Waals surface area contributed by atoms with Gasteiger partial charge in [-0.2, -0.15) is 0 Å². The summed E-state index contributed by atoms with van der Waals surface area (Å²) in [5, 5.41) is 30.0. The monoisotopic (exact) mass is 284 g/mol. The minimum atomic E-state index is -0.393. The van der Waals surface area contributed by atoms with Gasteiger partial charge in [0, 0.05) is 17.0 Å². The molecule has 1 aliphatic rings. The first-order chi connectivity index (χ1) is 9.74. The molecule has 1 unspecified atom stereocenters. The lowest BCUT2D eigenvalue weighted by molar-refractivity contribution is 0.409. The summed E-state index contributed by atoms with van der Waals surface area (Å²) in [5.41, 5.74) is 2.22. The molecule has 0 saturated heterocycles. The van der Waals surface area contributed by atoms with Crippen molar-refractivity contribution in [1.29, 1.82) is 0 Å². The summed E-state index contributed by atoms with van der Waals surface area (Å²) in [6.45, 7) is 6.30. The van der Waals surface area contributed by atoms with Gasteiger partial charge < -0.3 is 15.3 Å². The van der Waals surface area contributed by atoms with Crippen molar-refractivity contribution in [3.63, 3.8) is 0 Å². The molecule has 0 bridgehead atoms. The molecule has 3 nitrogen and oxygen atoms in total. The zero-order chi connectivity index (χ0) is 15.4. The van der Waals surface area contributed by atoms with Crippen LogP contribution in [0.15, 0.2) is 36.4 Å². The second kappa shape index (κ2) is 4.17. The molecule has 0 heterocycles. The van der Waals surface area contributed by atoms with Crippen LogP contribution in [0, 0.1) is 0 Å². The number of phenolic OH excluding ortho intramolecular Hbond substituents is 3. The lowest BCUT2D eigenvalue weighted by atomic mass is 9.75. The van der Waals surface area contributed by atoms with Crippen LogP contribution in [0.3, 0.4) is 0 Å². The molecule has 3 rings (SSSR count). The van der Waals surface area contributed by atoms with E-state index in [9.17, 15) is 15.3 Å². The van der Waals surface area contributed by atoms with Crippen molar-refractivity contribution < 1.29 is 15.3 Å². The third kappa shape index (κ3) is 1.96. The Labute approximate surface area is 124 Å². The molecule has 3 heteroatoms. The minimum Gasteiger partial charge on any atom is -0.508 e. The van der Waals surface area contributed by atoms with Gasteiger partial charge in [0.2, 0.25) is 0 Å². The maximum Gasteiger partial charge on any atom is 0.123 e. The van der Waals surface area contributed by atoms with E-state index in [1.807, 2.05) is 12.1 Å². The van der Waals surface area contributed by atoms with E-state index in [1.165, 1.54) is 6.07 Å². The van der Waals surface area contributed by atoms with E-state index in [-0.39, 0.29) is 22.7 Å². The molecule has 1 atom stereocenters. The fourth-order valence-corrected chi connectivity index (χ4v) is 3.89. The lowest BCUT2D eigenvalue weighted by Gasteiger charge is -2.28. The summed E-state index contributed by atoms with van der Waals surface area (Å²) in [4.78, 5) is 0. The zero-order valence-electron chi connectivity index (χ0n) is 12.5. The van der Waals surface area contributed by atoms with Gasteiger partial charge in [0.25, 0.3) is 0 Å². The first-order valence-corrected chi connectivity index (χ1v) is 7.10. The maximum absolute atomic E-state index is 10.4. The second-order valence-electron chi connectivity index (χ2n) is 6.83. The number of hydrogen-bond acceptors (Lipinski definition) is 3. The Morgan fingerprint density at radius 1 is 0.905 bits per heavy atom.